The van der Waals surface area contributed by atoms with Gasteiger partial charge in [0.2, 0.25) is 10.0 Å². The van der Waals surface area contributed by atoms with Gasteiger partial charge in [-0.1, -0.05) is 0 Å². The first-order valence-electron chi connectivity index (χ1n) is 10.2. The number of rotatable bonds is 10. The zero-order valence-electron chi connectivity index (χ0n) is 17.6. The Kier molecular flexibility index (Phi) is 7.40. The second kappa shape index (κ2) is 10.0. The Balaban J connectivity index is 1.70. The summed E-state index contributed by atoms with van der Waals surface area (Å²) in [5.74, 6) is 0.746. The van der Waals surface area contributed by atoms with Crippen molar-refractivity contribution in [3.8, 4) is 17.2 Å². The molecule has 0 bridgehead atoms. The Labute approximate surface area is 182 Å². The lowest BCUT2D eigenvalue weighted by Gasteiger charge is -2.21. The Morgan fingerprint density at radius 2 is 1.61 bits per heavy atom. The molecule has 3 rings (SSSR count). The number of carbonyl (C=O) groups is 1. The maximum Gasteiger partial charge on any atom is 0.322 e. The molecule has 0 amide bonds. The lowest BCUT2D eigenvalue weighted by Crippen LogP contribution is -2.40. The molecule has 1 aliphatic heterocycles. The highest BCUT2D eigenvalue weighted by atomic mass is 32.2. The average molecular weight is 450 g/mol. The van der Waals surface area contributed by atoms with Gasteiger partial charge in [-0.05, 0) is 68.7 Å². The lowest BCUT2D eigenvalue weighted by molar-refractivity contribution is -0.140. The summed E-state index contributed by atoms with van der Waals surface area (Å²) in [5, 5.41) is 9.28. The van der Waals surface area contributed by atoms with E-state index >= 15 is 0 Å². The van der Waals surface area contributed by atoms with Crippen LogP contribution in [0.25, 0.3) is 0 Å². The van der Waals surface area contributed by atoms with Crippen LogP contribution in [-0.4, -0.2) is 49.6 Å². The molecule has 1 atom stereocenters. The number of carboxylic acid groups (broad SMARTS) is 1. The molecule has 1 fully saturated rings. The van der Waals surface area contributed by atoms with Crippen molar-refractivity contribution in [1.29, 1.82) is 0 Å². The summed E-state index contributed by atoms with van der Waals surface area (Å²) in [6.07, 6.45) is 0.849. The van der Waals surface area contributed by atoms with Crippen LogP contribution in [0.2, 0.25) is 0 Å². The van der Waals surface area contributed by atoms with Gasteiger partial charge in [0.25, 0.3) is 0 Å². The fourth-order valence-electron chi connectivity index (χ4n) is 3.50. The van der Waals surface area contributed by atoms with Crippen molar-refractivity contribution >= 4 is 16.0 Å². The molecule has 1 saturated heterocycles. The number of carboxylic acids is 1. The molecule has 1 heterocycles. The average Bonchev–Trinajstić information content (AvgIpc) is 3.24. The van der Waals surface area contributed by atoms with Crippen LogP contribution in [0.1, 0.15) is 32.3 Å². The van der Waals surface area contributed by atoms with Crippen LogP contribution < -0.4 is 14.2 Å². The van der Waals surface area contributed by atoms with Gasteiger partial charge in [-0.25, -0.2) is 8.42 Å². The van der Waals surface area contributed by atoms with Gasteiger partial charge in [0.15, 0.2) is 0 Å². The second-order valence-corrected chi connectivity index (χ2v) is 8.94. The summed E-state index contributed by atoms with van der Waals surface area (Å²) in [5.41, 5.74) is 0.854. The third-order valence-corrected chi connectivity index (χ3v) is 6.81. The van der Waals surface area contributed by atoms with Crippen molar-refractivity contribution in [2.24, 2.45) is 0 Å². The van der Waals surface area contributed by atoms with Gasteiger partial charge < -0.3 is 19.3 Å². The third-order valence-electron chi connectivity index (χ3n) is 4.89. The molecule has 0 saturated carbocycles. The summed E-state index contributed by atoms with van der Waals surface area (Å²) in [4.78, 5) is 11.4. The lowest BCUT2D eigenvalue weighted by atomic mass is 10.2. The van der Waals surface area contributed by atoms with Crippen molar-refractivity contribution in [2.75, 3.05) is 19.8 Å². The fourth-order valence-corrected chi connectivity index (χ4v) is 5.15. The van der Waals surface area contributed by atoms with Crippen LogP contribution in [0.4, 0.5) is 0 Å². The monoisotopic (exact) mass is 449 g/mol. The van der Waals surface area contributed by atoms with Gasteiger partial charge in [0.05, 0.1) is 18.1 Å². The smallest absolute Gasteiger partial charge is 0.322 e. The normalized spacial score (nSPS) is 16.8. The molecule has 9 heteroatoms. The van der Waals surface area contributed by atoms with Crippen LogP contribution in [0.5, 0.6) is 17.2 Å². The molecule has 2 aromatic carbocycles. The van der Waals surface area contributed by atoms with Crippen LogP contribution in [0.15, 0.2) is 47.4 Å². The number of sulfonamides is 1. The third kappa shape index (κ3) is 5.48. The molecular weight excluding hydrogens is 422 g/mol. The van der Waals surface area contributed by atoms with E-state index in [0.717, 1.165) is 9.87 Å². The van der Waals surface area contributed by atoms with Gasteiger partial charge in [-0.2, -0.15) is 4.31 Å². The van der Waals surface area contributed by atoms with E-state index in [4.69, 9.17) is 14.2 Å². The van der Waals surface area contributed by atoms with Gasteiger partial charge in [-0.3, -0.25) is 4.79 Å². The van der Waals surface area contributed by atoms with Crippen molar-refractivity contribution in [3.63, 3.8) is 0 Å². The molecular formula is C22H27NO7S. The van der Waals surface area contributed by atoms with Gasteiger partial charge in [0, 0.05) is 12.6 Å². The van der Waals surface area contributed by atoms with Crippen molar-refractivity contribution in [1.82, 2.24) is 4.31 Å². The molecule has 168 valence electrons. The standard InChI is InChI=1S/C22H27NO7S/c1-3-28-18-12-16(13-19(14-18)29-4-2)15-30-17-7-9-20(10-8-17)31(26,27)23-11-5-6-21(23)22(24)25/h7-10,12-14,21H,3-6,11,15H2,1-2H3,(H,24,25)/t21-/m0/s1. The summed E-state index contributed by atoms with van der Waals surface area (Å²) >= 11 is 0. The highest BCUT2D eigenvalue weighted by Gasteiger charge is 2.39. The number of hydrogen-bond acceptors (Lipinski definition) is 6. The predicted molar refractivity (Wildman–Crippen MR) is 114 cm³/mol. The Bertz CT molecular complexity index is 981. The summed E-state index contributed by atoms with van der Waals surface area (Å²) in [7, 11) is -3.88. The molecule has 31 heavy (non-hydrogen) atoms. The molecule has 8 nitrogen and oxygen atoms in total. The second-order valence-electron chi connectivity index (χ2n) is 7.05. The van der Waals surface area contributed by atoms with Crippen LogP contribution >= 0.6 is 0 Å². The zero-order chi connectivity index (χ0) is 22.4. The number of benzene rings is 2. The van der Waals surface area contributed by atoms with E-state index in [1.54, 1.807) is 12.1 Å². The van der Waals surface area contributed by atoms with E-state index in [1.807, 2.05) is 32.0 Å². The Hall–Kier alpha value is -2.78. The number of nitrogens with zero attached hydrogens (tertiary/aromatic N) is 1. The quantitative estimate of drug-likeness (QED) is 0.594. The first kappa shape index (κ1) is 22.9. The molecule has 2 aromatic rings. The zero-order valence-corrected chi connectivity index (χ0v) is 18.4. The molecule has 0 unspecified atom stereocenters. The van der Waals surface area contributed by atoms with Crippen molar-refractivity contribution in [3.05, 3.63) is 48.0 Å². The number of hydrogen-bond donors (Lipinski definition) is 1. The topological polar surface area (TPSA) is 102 Å². The van der Waals surface area contributed by atoms with Crippen LogP contribution in [0.3, 0.4) is 0 Å². The maximum atomic E-state index is 12.8. The molecule has 0 aliphatic carbocycles. The minimum atomic E-state index is -3.88. The van der Waals surface area contributed by atoms with Crippen LogP contribution in [-0.2, 0) is 21.4 Å². The molecule has 1 N–H and O–H groups in total. The minimum Gasteiger partial charge on any atom is -0.494 e. The fraction of sp³-hybridized carbons (Fsp3) is 0.409. The van der Waals surface area contributed by atoms with Crippen LogP contribution in [0, 0.1) is 0 Å². The largest absolute Gasteiger partial charge is 0.494 e. The summed E-state index contributed by atoms with van der Waals surface area (Å²) < 4.78 is 43.6. The Morgan fingerprint density at radius 1 is 1.00 bits per heavy atom. The van der Waals surface area contributed by atoms with E-state index < -0.39 is 22.0 Å². The van der Waals surface area contributed by atoms with Gasteiger partial charge in [-0.15, -0.1) is 0 Å². The number of ether oxygens (including phenoxy) is 3. The SMILES string of the molecule is CCOc1cc(COc2ccc(S(=O)(=O)N3CCC[C@H]3C(=O)O)cc2)cc(OCC)c1. The predicted octanol–water partition coefficient (Wildman–Crippen LogP) is 3.30. The first-order chi connectivity index (χ1) is 14.8. The molecule has 0 spiro atoms. The van der Waals surface area contributed by atoms with Gasteiger partial charge >= 0.3 is 5.97 Å². The highest BCUT2D eigenvalue weighted by molar-refractivity contribution is 7.89. The van der Waals surface area contributed by atoms with Gasteiger partial charge in [0.1, 0.15) is 29.9 Å². The minimum absolute atomic E-state index is 0.0463. The first-order valence-corrected chi connectivity index (χ1v) is 11.7. The van der Waals surface area contributed by atoms with E-state index in [9.17, 15) is 18.3 Å². The van der Waals surface area contributed by atoms with E-state index in [0.29, 0.717) is 43.3 Å². The Morgan fingerprint density at radius 3 is 2.16 bits per heavy atom. The molecule has 0 radical (unpaired) electrons. The summed E-state index contributed by atoms with van der Waals surface area (Å²) in [6.45, 7) is 5.33. The van der Waals surface area contributed by atoms with E-state index in [1.165, 1.54) is 12.1 Å². The number of aliphatic carboxylic acids is 1. The van der Waals surface area contributed by atoms with E-state index in [-0.39, 0.29) is 18.0 Å². The van der Waals surface area contributed by atoms with Crippen molar-refractivity contribution < 1.29 is 32.5 Å². The van der Waals surface area contributed by atoms with E-state index in [2.05, 4.69) is 0 Å². The summed E-state index contributed by atoms with van der Waals surface area (Å²) in [6, 6.07) is 10.5. The maximum absolute atomic E-state index is 12.8. The van der Waals surface area contributed by atoms with Crippen molar-refractivity contribution in [2.45, 2.75) is 44.2 Å². The molecule has 0 aromatic heterocycles. The highest BCUT2D eigenvalue weighted by Crippen LogP contribution is 2.28. The molecule has 1 aliphatic rings.